The summed E-state index contributed by atoms with van der Waals surface area (Å²) in [6.07, 6.45) is 7.46. The predicted octanol–water partition coefficient (Wildman–Crippen LogP) is 3.25. The molecule has 2 spiro atoms. The summed E-state index contributed by atoms with van der Waals surface area (Å²) in [5.41, 5.74) is 0.882. The summed E-state index contributed by atoms with van der Waals surface area (Å²) < 4.78 is 6.51. The highest BCUT2D eigenvalue weighted by atomic mass is 16.5. The third-order valence-electron chi connectivity index (χ3n) is 6.74. The number of amides is 1. The van der Waals surface area contributed by atoms with Crippen molar-refractivity contribution in [2.24, 2.45) is 0 Å². The molecule has 1 aromatic carbocycles. The Hall–Kier alpha value is -1.39. The van der Waals surface area contributed by atoms with Crippen LogP contribution >= 0.6 is 0 Å². The normalized spacial score (nSPS) is 30.3. The maximum Gasteiger partial charge on any atom is 0.254 e. The lowest BCUT2D eigenvalue weighted by Gasteiger charge is -2.50. The van der Waals surface area contributed by atoms with Gasteiger partial charge in [-0.3, -0.25) is 4.79 Å². The van der Waals surface area contributed by atoms with Crippen LogP contribution in [0.3, 0.4) is 0 Å². The van der Waals surface area contributed by atoms with Gasteiger partial charge in [0.05, 0.1) is 5.60 Å². The van der Waals surface area contributed by atoms with E-state index in [2.05, 4.69) is 54.1 Å². The number of ether oxygens (including phenoxy) is 1. The Labute approximate surface area is 157 Å². The molecule has 1 saturated heterocycles. The number of carbonyl (C=O) groups is 1. The average molecular weight is 357 g/mol. The van der Waals surface area contributed by atoms with Gasteiger partial charge in [0.25, 0.3) is 5.91 Å². The van der Waals surface area contributed by atoms with Crippen molar-refractivity contribution in [1.29, 1.82) is 0 Å². The lowest BCUT2D eigenvalue weighted by Crippen LogP contribution is -2.61. The highest BCUT2D eigenvalue weighted by molar-refractivity contribution is 5.89. The van der Waals surface area contributed by atoms with E-state index in [-0.39, 0.29) is 11.5 Å². The Morgan fingerprint density at radius 3 is 2.46 bits per heavy atom. The molecule has 0 atom stereocenters. The first kappa shape index (κ1) is 18.0. The van der Waals surface area contributed by atoms with Crippen molar-refractivity contribution in [3.8, 4) is 0 Å². The number of hydrogen-bond acceptors (Lipinski definition) is 3. The molecule has 3 aliphatic rings. The van der Waals surface area contributed by atoms with E-state index in [9.17, 15) is 4.79 Å². The molecule has 1 aromatic rings. The van der Waals surface area contributed by atoms with Crippen LogP contribution in [0.1, 0.15) is 51.0 Å². The van der Waals surface area contributed by atoms with E-state index in [1.165, 1.54) is 18.4 Å². The first-order valence-electron chi connectivity index (χ1n) is 10.3. The van der Waals surface area contributed by atoms with Crippen LogP contribution in [0.15, 0.2) is 30.3 Å². The number of rotatable bonds is 5. The van der Waals surface area contributed by atoms with Gasteiger partial charge in [-0.05, 0) is 64.5 Å². The van der Waals surface area contributed by atoms with Crippen molar-refractivity contribution in [3.05, 3.63) is 35.9 Å². The average Bonchev–Trinajstić information content (AvgIpc) is 3.44. The van der Waals surface area contributed by atoms with Crippen LogP contribution in [0, 0.1) is 0 Å². The third-order valence-corrected chi connectivity index (χ3v) is 6.74. The zero-order chi connectivity index (χ0) is 18.2. The van der Waals surface area contributed by atoms with Crippen molar-refractivity contribution < 1.29 is 9.53 Å². The van der Waals surface area contributed by atoms with Gasteiger partial charge in [-0.1, -0.05) is 30.3 Å². The molecule has 142 valence electrons. The molecule has 0 bridgehead atoms. The van der Waals surface area contributed by atoms with Crippen LogP contribution < -0.4 is 0 Å². The molecule has 4 rings (SSSR count). The quantitative estimate of drug-likeness (QED) is 0.812. The SMILES string of the molecule is CCN1C[C@]2(CC[C@H](N(C)CCc3ccccc3)CC2)OC2(CC2)C1=O. The largest absolute Gasteiger partial charge is 0.357 e. The fourth-order valence-electron chi connectivity index (χ4n) is 4.85. The van der Waals surface area contributed by atoms with Crippen LogP contribution in [-0.4, -0.2) is 59.6 Å². The van der Waals surface area contributed by atoms with Crippen molar-refractivity contribution in [2.45, 2.75) is 69.1 Å². The summed E-state index contributed by atoms with van der Waals surface area (Å²) in [6.45, 7) is 4.80. The molecular formula is C22H32N2O2. The molecule has 4 heteroatoms. The zero-order valence-electron chi connectivity index (χ0n) is 16.2. The van der Waals surface area contributed by atoms with Gasteiger partial charge in [0.1, 0.15) is 5.60 Å². The molecule has 26 heavy (non-hydrogen) atoms. The topological polar surface area (TPSA) is 32.8 Å². The lowest BCUT2D eigenvalue weighted by molar-refractivity contribution is -0.199. The summed E-state index contributed by atoms with van der Waals surface area (Å²) in [5, 5.41) is 0. The highest BCUT2D eigenvalue weighted by Gasteiger charge is 2.61. The van der Waals surface area contributed by atoms with E-state index in [1.807, 2.05) is 0 Å². The van der Waals surface area contributed by atoms with Gasteiger partial charge in [-0.25, -0.2) is 0 Å². The highest BCUT2D eigenvalue weighted by Crippen LogP contribution is 2.51. The monoisotopic (exact) mass is 356 g/mol. The van der Waals surface area contributed by atoms with Crippen molar-refractivity contribution in [3.63, 3.8) is 0 Å². The van der Waals surface area contributed by atoms with Crippen molar-refractivity contribution in [1.82, 2.24) is 9.80 Å². The number of hydrogen-bond donors (Lipinski definition) is 0. The van der Waals surface area contributed by atoms with E-state index >= 15 is 0 Å². The Bertz CT molecular complexity index is 633. The van der Waals surface area contributed by atoms with E-state index in [1.54, 1.807) is 0 Å². The van der Waals surface area contributed by atoms with Crippen LogP contribution in [-0.2, 0) is 16.0 Å². The van der Waals surface area contributed by atoms with Gasteiger partial charge in [-0.15, -0.1) is 0 Å². The minimum atomic E-state index is -0.444. The number of likely N-dealkylation sites (N-methyl/N-ethyl adjacent to an activating group) is 2. The van der Waals surface area contributed by atoms with Gasteiger partial charge < -0.3 is 14.5 Å². The summed E-state index contributed by atoms with van der Waals surface area (Å²) in [7, 11) is 2.26. The van der Waals surface area contributed by atoms with E-state index in [0.29, 0.717) is 6.04 Å². The van der Waals surface area contributed by atoms with E-state index in [4.69, 9.17) is 4.74 Å². The molecule has 0 aromatic heterocycles. The van der Waals surface area contributed by atoms with E-state index < -0.39 is 5.60 Å². The molecule has 2 saturated carbocycles. The van der Waals surface area contributed by atoms with Gasteiger partial charge >= 0.3 is 0 Å². The second-order valence-electron chi connectivity index (χ2n) is 8.55. The molecule has 4 nitrogen and oxygen atoms in total. The van der Waals surface area contributed by atoms with Crippen LogP contribution in [0.5, 0.6) is 0 Å². The van der Waals surface area contributed by atoms with Gasteiger partial charge in [-0.2, -0.15) is 0 Å². The zero-order valence-corrected chi connectivity index (χ0v) is 16.2. The molecule has 0 N–H and O–H groups in total. The Morgan fingerprint density at radius 2 is 1.85 bits per heavy atom. The standard InChI is InChI=1S/C22H32N2O2/c1-3-24-17-21(26-22(14-15-22)20(24)25)12-9-19(10-13-21)23(2)16-11-18-7-5-4-6-8-18/h4-8,19H,3,9-17H2,1-2H3/t19-,21+. The molecule has 3 fully saturated rings. The summed E-state index contributed by atoms with van der Waals surface area (Å²) >= 11 is 0. The van der Waals surface area contributed by atoms with Crippen LogP contribution in [0.4, 0.5) is 0 Å². The minimum absolute atomic E-state index is 0.0861. The molecule has 1 amide bonds. The van der Waals surface area contributed by atoms with Crippen LogP contribution in [0.2, 0.25) is 0 Å². The number of nitrogens with zero attached hydrogens (tertiary/aromatic N) is 2. The summed E-state index contributed by atoms with van der Waals surface area (Å²) in [5.74, 6) is 0.243. The molecular weight excluding hydrogens is 324 g/mol. The predicted molar refractivity (Wildman–Crippen MR) is 103 cm³/mol. The number of benzene rings is 1. The fraction of sp³-hybridized carbons (Fsp3) is 0.682. The lowest BCUT2D eigenvalue weighted by atomic mass is 9.79. The van der Waals surface area contributed by atoms with Crippen molar-refractivity contribution >= 4 is 5.91 Å². The Morgan fingerprint density at radius 1 is 1.15 bits per heavy atom. The second kappa shape index (κ2) is 6.97. The first-order chi connectivity index (χ1) is 12.6. The summed E-state index contributed by atoms with van der Waals surface area (Å²) in [6, 6.07) is 11.4. The molecule has 0 unspecified atom stereocenters. The fourth-order valence-corrected chi connectivity index (χ4v) is 4.85. The van der Waals surface area contributed by atoms with Gasteiger partial charge in [0, 0.05) is 25.7 Å². The van der Waals surface area contributed by atoms with Crippen LogP contribution in [0.25, 0.3) is 0 Å². The van der Waals surface area contributed by atoms with Crippen molar-refractivity contribution in [2.75, 3.05) is 26.7 Å². The maximum absolute atomic E-state index is 12.6. The van der Waals surface area contributed by atoms with Gasteiger partial charge in [0.15, 0.2) is 0 Å². The number of morpholine rings is 1. The minimum Gasteiger partial charge on any atom is -0.357 e. The smallest absolute Gasteiger partial charge is 0.254 e. The molecule has 2 aliphatic carbocycles. The second-order valence-corrected chi connectivity index (χ2v) is 8.55. The van der Waals surface area contributed by atoms with Gasteiger partial charge in [0.2, 0.25) is 0 Å². The third kappa shape index (κ3) is 3.41. The summed E-state index contributed by atoms with van der Waals surface area (Å²) in [4.78, 5) is 17.1. The van der Waals surface area contributed by atoms with E-state index in [0.717, 1.165) is 51.7 Å². The molecule has 1 heterocycles. The molecule has 1 aliphatic heterocycles. The Balaban J connectivity index is 1.33. The number of carbonyl (C=O) groups excluding carboxylic acids is 1. The Kier molecular flexibility index (Phi) is 4.83. The maximum atomic E-state index is 12.6. The molecule has 0 radical (unpaired) electrons. The first-order valence-corrected chi connectivity index (χ1v) is 10.3.